The molecule has 5 nitrogen and oxygen atoms in total. The Balaban J connectivity index is 2.47. The molecule has 23 heavy (non-hydrogen) atoms. The van der Waals surface area contributed by atoms with Gasteiger partial charge in [-0.25, -0.2) is 0 Å². The van der Waals surface area contributed by atoms with Gasteiger partial charge in [0.1, 0.15) is 17.2 Å². The lowest BCUT2D eigenvalue weighted by atomic mass is 9.88. The normalized spacial score (nSPS) is 11.6. The van der Waals surface area contributed by atoms with Gasteiger partial charge in [0.05, 0.1) is 27.8 Å². The summed E-state index contributed by atoms with van der Waals surface area (Å²) >= 11 is 0. The van der Waals surface area contributed by atoms with Gasteiger partial charge in [-0.3, -0.25) is 4.79 Å². The van der Waals surface area contributed by atoms with Crippen molar-refractivity contribution >= 4 is 5.97 Å². The van der Waals surface area contributed by atoms with Gasteiger partial charge in [0.15, 0.2) is 0 Å². The van der Waals surface area contributed by atoms with E-state index in [1.54, 1.807) is 33.5 Å². The van der Waals surface area contributed by atoms with Crippen molar-refractivity contribution in [1.29, 1.82) is 0 Å². The second-order valence-electron chi connectivity index (χ2n) is 5.03. The van der Waals surface area contributed by atoms with E-state index in [2.05, 4.69) is 0 Å². The summed E-state index contributed by atoms with van der Waals surface area (Å²) in [6, 6.07) is 12.8. The molecule has 1 N–H and O–H groups in total. The van der Waals surface area contributed by atoms with E-state index in [0.29, 0.717) is 11.5 Å². The van der Waals surface area contributed by atoms with E-state index in [1.807, 2.05) is 30.3 Å². The summed E-state index contributed by atoms with van der Waals surface area (Å²) in [6.45, 7) is 0. The van der Waals surface area contributed by atoms with Crippen LogP contribution in [0.1, 0.15) is 23.5 Å². The maximum atomic E-state index is 11.3. The van der Waals surface area contributed by atoms with Crippen LogP contribution in [-0.2, 0) is 4.79 Å². The maximum Gasteiger partial charge on any atom is 0.304 e. The molecule has 0 spiro atoms. The lowest BCUT2D eigenvalue weighted by Gasteiger charge is -2.20. The standard InChI is InChI=1S/C18H20O5/c1-21-13-6-4-12(5-7-13)16(11-18(19)20)15-9-8-14(22-2)10-17(15)23-3/h4-10,16H,11H2,1-3H3,(H,19,20)/t16-/m0/s1. The Bertz CT molecular complexity index is 664. The van der Waals surface area contributed by atoms with E-state index in [1.165, 1.54) is 0 Å². The second-order valence-corrected chi connectivity index (χ2v) is 5.03. The molecule has 122 valence electrons. The minimum atomic E-state index is -0.872. The van der Waals surface area contributed by atoms with Crippen LogP contribution in [0.15, 0.2) is 42.5 Å². The van der Waals surface area contributed by atoms with Gasteiger partial charge in [0, 0.05) is 17.5 Å². The molecule has 1 atom stereocenters. The number of aliphatic carboxylic acids is 1. The molecule has 0 aromatic heterocycles. The maximum absolute atomic E-state index is 11.3. The van der Waals surface area contributed by atoms with Crippen LogP contribution in [0.2, 0.25) is 0 Å². The van der Waals surface area contributed by atoms with Crippen molar-refractivity contribution < 1.29 is 24.1 Å². The number of hydrogen-bond donors (Lipinski definition) is 1. The first-order valence-electron chi connectivity index (χ1n) is 7.16. The molecule has 0 aliphatic carbocycles. The van der Waals surface area contributed by atoms with Gasteiger partial charge in [-0.05, 0) is 23.8 Å². The predicted molar refractivity (Wildman–Crippen MR) is 86.6 cm³/mol. The molecule has 0 heterocycles. The van der Waals surface area contributed by atoms with Crippen molar-refractivity contribution in [3.63, 3.8) is 0 Å². The average Bonchev–Trinajstić information content (AvgIpc) is 2.59. The highest BCUT2D eigenvalue weighted by Gasteiger charge is 2.22. The van der Waals surface area contributed by atoms with E-state index in [-0.39, 0.29) is 12.3 Å². The van der Waals surface area contributed by atoms with Crippen LogP contribution in [0.4, 0.5) is 0 Å². The number of ether oxygens (including phenoxy) is 3. The number of carboxylic acids is 1. The minimum absolute atomic E-state index is 0.0327. The molecular weight excluding hydrogens is 296 g/mol. The Morgan fingerprint density at radius 2 is 1.57 bits per heavy atom. The molecule has 0 unspecified atom stereocenters. The number of hydrogen-bond acceptors (Lipinski definition) is 4. The molecule has 0 amide bonds. The van der Waals surface area contributed by atoms with E-state index < -0.39 is 5.97 Å². The Morgan fingerprint density at radius 3 is 2.09 bits per heavy atom. The van der Waals surface area contributed by atoms with Crippen LogP contribution < -0.4 is 14.2 Å². The van der Waals surface area contributed by atoms with Crippen LogP contribution in [0.25, 0.3) is 0 Å². The van der Waals surface area contributed by atoms with E-state index in [0.717, 1.165) is 16.9 Å². The van der Waals surface area contributed by atoms with Crippen LogP contribution >= 0.6 is 0 Å². The quantitative estimate of drug-likeness (QED) is 0.849. The SMILES string of the molecule is COc1ccc([C@H](CC(=O)O)c2ccc(OC)cc2OC)cc1. The molecule has 0 bridgehead atoms. The fraction of sp³-hybridized carbons (Fsp3) is 0.278. The zero-order chi connectivity index (χ0) is 16.8. The molecule has 0 aliphatic rings. The summed E-state index contributed by atoms with van der Waals surface area (Å²) in [5.41, 5.74) is 1.69. The molecule has 0 fully saturated rings. The molecule has 5 heteroatoms. The van der Waals surface area contributed by atoms with Gasteiger partial charge in [-0.1, -0.05) is 18.2 Å². The predicted octanol–water partition coefficient (Wildman–Crippen LogP) is 3.32. The van der Waals surface area contributed by atoms with Crippen LogP contribution in [0, 0.1) is 0 Å². The third-order valence-corrected chi connectivity index (χ3v) is 3.71. The number of carbonyl (C=O) groups is 1. The van der Waals surface area contributed by atoms with Crippen molar-refractivity contribution in [3.05, 3.63) is 53.6 Å². The monoisotopic (exact) mass is 316 g/mol. The topological polar surface area (TPSA) is 65.0 Å². The smallest absolute Gasteiger partial charge is 0.304 e. The third kappa shape index (κ3) is 3.94. The van der Waals surface area contributed by atoms with Gasteiger partial charge in [-0.2, -0.15) is 0 Å². The molecular formula is C18H20O5. The van der Waals surface area contributed by atoms with E-state index >= 15 is 0 Å². The summed E-state index contributed by atoms with van der Waals surface area (Å²) in [5.74, 6) is 0.799. The molecule has 0 aliphatic heterocycles. The van der Waals surface area contributed by atoms with Crippen molar-refractivity contribution in [2.45, 2.75) is 12.3 Å². The minimum Gasteiger partial charge on any atom is -0.497 e. The first-order chi connectivity index (χ1) is 11.1. The van der Waals surface area contributed by atoms with Crippen molar-refractivity contribution in [2.24, 2.45) is 0 Å². The summed E-state index contributed by atoms with van der Waals surface area (Å²) in [4.78, 5) is 11.3. The molecule has 0 saturated carbocycles. The number of carboxylic acid groups (broad SMARTS) is 1. The van der Waals surface area contributed by atoms with Gasteiger partial charge < -0.3 is 19.3 Å². The molecule has 0 saturated heterocycles. The van der Waals surface area contributed by atoms with E-state index in [9.17, 15) is 9.90 Å². The average molecular weight is 316 g/mol. The fourth-order valence-corrected chi connectivity index (χ4v) is 2.52. The molecule has 0 radical (unpaired) electrons. The largest absolute Gasteiger partial charge is 0.497 e. The van der Waals surface area contributed by atoms with Gasteiger partial charge in [0.25, 0.3) is 0 Å². The van der Waals surface area contributed by atoms with Crippen molar-refractivity contribution in [2.75, 3.05) is 21.3 Å². The summed E-state index contributed by atoms with van der Waals surface area (Å²) in [5, 5.41) is 9.28. The van der Waals surface area contributed by atoms with Gasteiger partial charge in [-0.15, -0.1) is 0 Å². The highest BCUT2D eigenvalue weighted by atomic mass is 16.5. The van der Waals surface area contributed by atoms with Gasteiger partial charge >= 0.3 is 5.97 Å². The fourth-order valence-electron chi connectivity index (χ4n) is 2.52. The zero-order valence-corrected chi connectivity index (χ0v) is 13.4. The lowest BCUT2D eigenvalue weighted by molar-refractivity contribution is -0.137. The number of rotatable bonds is 7. The molecule has 2 aromatic carbocycles. The van der Waals surface area contributed by atoms with Crippen LogP contribution in [0.3, 0.4) is 0 Å². The van der Waals surface area contributed by atoms with Crippen molar-refractivity contribution in [1.82, 2.24) is 0 Å². The highest BCUT2D eigenvalue weighted by molar-refractivity contribution is 5.69. The third-order valence-electron chi connectivity index (χ3n) is 3.71. The summed E-state index contributed by atoms with van der Waals surface area (Å²) in [6.07, 6.45) is -0.0327. The van der Waals surface area contributed by atoms with E-state index in [4.69, 9.17) is 14.2 Å². The first-order valence-corrected chi connectivity index (χ1v) is 7.16. The van der Waals surface area contributed by atoms with Gasteiger partial charge in [0.2, 0.25) is 0 Å². The molecule has 2 aromatic rings. The first kappa shape index (κ1) is 16.7. The Hall–Kier alpha value is -2.69. The molecule has 2 rings (SSSR count). The number of benzene rings is 2. The van der Waals surface area contributed by atoms with Crippen LogP contribution in [-0.4, -0.2) is 32.4 Å². The van der Waals surface area contributed by atoms with Crippen molar-refractivity contribution in [3.8, 4) is 17.2 Å². The zero-order valence-electron chi connectivity index (χ0n) is 13.4. The lowest BCUT2D eigenvalue weighted by Crippen LogP contribution is -2.09. The Labute approximate surface area is 135 Å². The number of methoxy groups -OCH3 is 3. The van der Waals surface area contributed by atoms with Crippen LogP contribution in [0.5, 0.6) is 17.2 Å². The summed E-state index contributed by atoms with van der Waals surface area (Å²) < 4.78 is 15.8. The Kier molecular flexibility index (Phi) is 5.46. The second kappa shape index (κ2) is 7.54. The highest BCUT2D eigenvalue weighted by Crippen LogP contribution is 2.37. The Morgan fingerprint density at radius 1 is 0.957 bits per heavy atom. The summed E-state index contributed by atoms with van der Waals surface area (Å²) in [7, 11) is 4.73.